The summed E-state index contributed by atoms with van der Waals surface area (Å²) < 4.78 is 59.6. The van der Waals surface area contributed by atoms with Gasteiger partial charge in [0.15, 0.2) is 5.75 Å². The van der Waals surface area contributed by atoms with Crippen LogP contribution in [0.2, 0.25) is 0 Å². The molecular formula is C26H26F2N2O3S. The highest BCUT2D eigenvalue weighted by atomic mass is 32.2. The third-order valence-electron chi connectivity index (χ3n) is 6.45. The standard InChI is InChI=1S/C26H26F2N2O3S/c1-16-6-11-21(12-7-16)34(31,32)30-15-19-14-18(8-13-22(19)17(30)2)23-4-3-5-24(29-20-9-10-20)25(23)33-26(27)28/h3-8,11-14,17,20,26,29H,9-10,15H2,1-2H3. The average molecular weight is 485 g/mol. The van der Waals surface area contributed by atoms with Gasteiger partial charge in [0, 0.05) is 24.2 Å². The molecule has 8 heteroatoms. The summed E-state index contributed by atoms with van der Waals surface area (Å²) in [4.78, 5) is 0.254. The second-order valence-corrected chi connectivity index (χ2v) is 10.8. The molecule has 0 aromatic heterocycles. The highest BCUT2D eigenvalue weighted by Crippen LogP contribution is 2.43. The number of nitrogens with zero attached hydrogens (tertiary/aromatic N) is 1. The first kappa shape index (κ1) is 22.8. The molecule has 5 rings (SSSR count). The predicted molar refractivity (Wildman–Crippen MR) is 127 cm³/mol. The van der Waals surface area contributed by atoms with Crippen molar-refractivity contribution in [1.29, 1.82) is 0 Å². The number of fused-ring (bicyclic) bond motifs is 1. The lowest BCUT2D eigenvalue weighted by Crippen LogP contribution is -2.28. The Morgan fingerprint density at radius 3 is 2.47 bits per heavy atom. The SMILES string of the molecule is Cc1ccc(S(=O)(=O)N2Cc3cc(-c4cccc(NC5CC5)c4OC(F)F)ccc3C2C)cc1. The number of benzene rings is 3. The summed E-state index contributed by atoms with van der Waals surface area (Å²) in [5.41, 5.74) is 4.53. The minimum absolute atomic E-state index is 0.111. The molecule has 0 radical (unpaired) electrons. The summed E-state index contributed by atoms with van der Waals surface area (Å²) in [7, 11) is -3.69. The number of halogens is 2. The second-order valence-electron chi connectivity index (χ2n) is 8.93. The number of sulfonamides is 1. The van der Waals surface area contributed by atoms with Crippen LogP contribution in [-0.4, -0.2) is 25.4 Å². The maximum Gasteiger partial charge on any atom is 0.387 e. The number of ether oxygens (including phenoxy) is 1. The lowest BCUT2D eigenvalue weighted by molar-refractivity contribution is -0.0489. The molecule has 34 heavy (non-hydrogen) atoms. The van der Waals surface area contributed by atoms with Crippen molar-refractivity contribution in [1.82, 2.24) is 4.31 Å². The summed E-state index contributed by atoms with van der Waals surface area (Å²) in [5, 5.41) is 3.26. The van der Waals surface area contributed by atoms with Crippen LogP contribution in [0.5, 0.6) is 5.75 Å². The Bertz CT molecular complexity index is 1320. The van der Waals surface area contributed by atoms with E-state index in [1.807, 2.05) is 38.1 Å². The Hall–Kier alpha value is -2.97. The third-order valence-corrected chi connectivity index (χ3v) is 8.38. The van der Waals surface area contributed by atoms with Gasteiger partial charge in [0.1, 0.15) is 0 Å². The molecule has 1 atom stereocenters. The number of alkyl halides is 2. The summed E-state index contributed by atoms with van der Waals surface area (Å²) >= 11 is 0. The molecule has 0 saturated heterocycles. The van der Waals surface area contributed by atoms with Crippen molar-refractivity contribution in [3.63, 3.8) is 0 Å². The maximum atomic E-state index is 13.3. The lowest BCUT2D eigenvalue weighted by atomic mass is 9.97. The summed E-state index contributed by atoms with van der Waals surface area (Å²) in [6, 6.07) is 17.6. The van der Waals surface area contributed by atoms with Crippen molar-refractivity contribution in [3.05, 3.63) is 77.4 Å². The quantitative estimate of drug-likeness (QED) is 0.440. The Morgan fingerprint density at radius 2 is 1.79 bits per heavy atom. The van der Waals surface area contributed by atoms with Crippen molar-refractivity contribution in [2.24, 2.45) is 0 Å². The molecular weight excluding hydrogens is 458 g/mol. The van der Waals surface area contributed by atoms with Gasteiger partial charge in [-0.15, -0.1) is 0 Å². The van der Waals surface area contributed by atoms with E-state index in [1.54, 1.807) is 36.4 Å². The molecule has 178 valence electrons. The second kappa shape index (κ2) is 8.67. The van der Waals surface area contributed by atoms with Gasteiger partial charge in [-0.3, -0.25) is 0 Å². The molecule has 1 heterocycles. The Morgan fingerprint density at radius 1 is 1.06 bits per heavy atom. The van der Waals surface area contributed by atoms with Crippen LogP contribution in [0.4, 0.5) is 14.5 Å². The first-order valence-electron chi connectivity index (χ1n) is 11.3. The molecule has 1 saturated carbocycles. The van der Waals surface area contributed by atoms with Crippen LogP contribution in [-0.2, 0) is 16.6 Å². The van der Waals surface area contributed by atoms with Crippen molar-refractivity contribution < 1.29 is 21.9 Å². The zero-order chi connectivity index (χ0) is 24.0. The van der Waals surface area contributed by atoms with Crippen molar-refractivity contribution in [2.45, 2.75) is 56.8 Å². The van der Waals surface area contributed by atoms with E-state index in [1.165, 1.54) is 4.31 Å². The molecule has 5 nitrogen and oxygen atoms in total. The van der Waals surface area contributed by atoms with E-state index in [4.69, 9.17) is 4.74 Å². The van der Waals surface area contributed by atoms with Crippen molar-refractivity contribution >= 4 is 15.7 Å². The smallest absolute Gasteiger partial charge is 0.387 e. The number of hydrogen-bond donors (Lipinski definition) is 1. The zero-order valence-electron chi connectivity index (χ0n) is 19.0. The van der Waals surface area contributed by atoms with Gasteiger partial charge in [-0.25, -0.2) is 8.42 Å². The molecule has 0 amide bonds. The fourth-order valence-electron chi connectivity index (χ4n) is 4.46. The van der Waals surface area contributed by atoms with Gasteiger partial charge in [0.25, 0.3) is 0 Å². The lowest BCUT2D eigenvalue weighted by Gasteiger charge is -2.21. The third kappa shape index (κ3) is 4.28. The van der Waals surface area contributed by atoms with Crippen LogP contribution in [0.25, 0.3) is 11.1 Å². The number of para-hydroxylation sites is 1. The Labute approximate surface area is 198 Å². The monoisotopic (exact) mass is 484 g/mol. The van der Waals surface area contributed by atoms with Crippen LogP contribution in [0.3, 0.4) is 0 Å². The molecule has 2 aliphatic rings. The maximum absolute atomic E-state index is 13.3. The van der Waals surface area contributed by atoms with E-state index in [0.29, 0.717) is 16.8 Å². The molecule has 1 aliphatic carbocycles. The molecule has 1 fully saturated rings. The van der Waals surface area contributed by atoms with E-state index >= 15 is 0 Å². The summed E-state index contributed by atoms with van der Waals surface area (Å²) in [6.07, 6.45) is 2.00. The van der Waals surface area contributed by atoms with Gasteiger partial charge in [0.05, 0.1) is 10.6 Å². The minimum Gasteiger partial charge on any atom is -0.432 e. The van der Waals surface area contributed by atoms with Crippen molar-refractivity contribution in [3.8, 4) is 16.9 Å². The largest absolute Gasteiger partial charge is 0.432 e. The number of hydrogen-bond acceptors (Lipinski definition) is 4. The van der Waals surface area contributed by atoms with E-state index < -0.39 is 16.6 Å². The normalized spacial score (nSPS) is 18.2. The van der Waals surface area contributed by atoms with Gasteiger partial charge in [0.2, 0.25) is 10.0 Å². The fraction of sp³-hybridized carbons (Fsp3) is 0.308. The Balaban J connectivity index is 1.50. The molecule has 0 bridgehead atoms. The first-order valence-corrected chi connectivity index (χ1v) is 12.7. The fourth-order valence-corrected chi connectivity index (χ4v) is 6.05. The summed E-state index contributed by atoms with van der Waals surface area (Å²) in [6.45, 7) is 1.03. The molecule has 3 aromatic rings. The van der Waals surface area contributed by atoms with Crippen molar-refractivity contribution in [2.75, 3.05) is 5.32 Å². The van der Waals surface area contributed by atoms with Crippen LogP contribution < -0.4 is 10.1 Å². The van der Waals surface area contributed by atoms with Crippen LogP contribution in [0.15, 0.2) is 65.6 Å². The van der Waals surface area contributed by atoms with Gasteiger partial charge in [-0.05, 0) is 67.6 Å². The zero-order valence-corrected chi connectivity index (χ0v) is 19.8. The average Bonchev–Trinajstić information content (AvgIpc) is 3.55. The van der Waals surface area contributed by atoms with E-state index in [9.17, 15) is 17.2 Å². The minimum atomic E-state index is -3.69. The molecule has 1 unspecified atom stereocenters. The highest BCUT2D eigenvalue weighted by Gasteiger charge is 2.36. The molecule has 1 N–H and O–H groups in total. The highest BCUT2D eigenvalue weighted by molar-refractivity contribution is 7.89. The van der Waals surface area contributed by atoms with E-state index in [2.05, 4.69) is 5.32 Å². The van der Waals surface area contributed by atoms with Crippen LogP contribution in [0, 0.1) is 6.92 Å². The number of nitrogens with one attached hydrogen (secondary N) is 1. The van der Waals surface area contributed by atoms with E-state index in [-0.39, 0.29) is 29.3 Å². The summed E-state index contributed by atoms with van der Waals surface area (Å²) in [5.74, 6) is 0.111. The Kier molecular flexibility index (Phi) is 5.81. The molecule has 1 aliphatic heterocycles. The van der Waals surface area contributed by atoms with Crippen LogP contribution in [0.1, 0.15) is 42.5 Å². The topological polar surface area (TPSA) is 58.6 Å². The molecule has 0 spiro atoms. The number of rotatable bonds is 7. The van der Waals surface area contributed by atoms with E-state index in [0.717, 1.165) is 29.5 Å². The first-order chi connectivity index (χ1) is 16.2. The van der Waals surface area contributed by atoms with Gasteiger partial charge in [-0.1, -0.05) is 42.0 Å². The van der Waals surface area contributed by atoms with Crippen LogP contribution >= 0.6 is 0 Å². The molecule has 3 aromatic carbocycles. The number of aryl methyl sites for hydroxylation is 1. The number of anilines is 1. The predicted octanol–water partition coefficient (Wildman–Crippen LogP) is 6.10. The van der Waals surface area contributed by atoms with Gasteiger partial charge < -0.3 is 10.1 Å². The van der Waals surface area contributed by atoms with Gasteiger partial charge in [-0.2, -0.15) is 13.1 Å². The van der Waals surface area contributed by atoms with Gasteiger partial charge >= 0.3 is 6.61 Å².